The molecule has 0 aliphatic heterocycles. The van der Waals surface area contributed by atoms with E-state index in [1.54, 1.807) is 0 Å². The van der Waals surface area contributed by atoms with Crippen molar-refractivity contribution in [3.8, 4) is 0 Å². The fourth-order valence-corrected chi connectivity index (χ4v) is 1.86. The van der Waals surface area contributed by atoms with Gasteiger partial charge in [0.25, 0.3) is 5.91 Å². The van der Waals surface area contributed by atoms with E-state index >= 15 is 0 Å². The van der Waals surface area contributed by atoms with Crippen molar-refractivity contribution >= 4 is 11.6 Å². The van der Waals surface area contributed by atoms with Crippen LogP contribution in [0.15, 0.2) is 6.20 Å². The third-order valence-corrected chi connectivity index (χ3v) is 3.37. The van der Waals surface area contributed by atoms with Crippen LogP contribution in [0.25, 0.3) is 0 Å². The van der Waals surface area contributed by atoms with Crippen LogP contribution in [0.1, 0.15) is 55.3 Å². The summed E-state index contributed by atoms with van der Waals surface area (Å²) in [6.07, 6.45) is 4.88. The smallest absolute Gasteiger partial charge is 0.272 e. The van der Waals surface area contributed by atoms with Crippen molar-refractivity contribution in [3.05, 3.63) is 17.7 Å². The number of carbonyl (C=O) groups excluding carboxylic acids is 1. The van der Waals surface area contributed by atoms with Crippen molar-refractivity contribution in [3.63, 3.8) is 0 Å². The summed E-state index contributed by atoms with van der Waals surface area (Å²) in [7, 11) is 0. The van der Waals surface area contributed by atoms with Gasteiger partial charge in [-0.3, -0.25) is 4.79 Å². The van der Waals surface area contributed by atoms with Gasteiger partial charge in [0.15, 0.2) is 5.69 Å². The Morgan fingerprint density at radius 2 is 2.29 bits per heavy atom. The Kier molecular flexibility index (Phi) is 5.50. The fourth-order valence-electron chi connectivity index (χ4n) is 1.86. The molecule has 6 heteroatoms. The van der Waals surface area contributed by atoms with Gasteiger partial charge >= 0.3 is 0 Å². The second-order valence-corrected chi connectivity index (χ2v) is 5.81. The number of nitrogens with zero attached hydrogens (tertiary/aromatic N) is 2. The van der Waals surface area contributed by atoms with Gasteiger partial charge in [0.2, 0.25) is 0 Å². The van der Waals surface area contributed by atoms with Crippen LogP contribution < -0.4 is 11.1 Å². The molecule has 1 aliphatic carbocycles. The van der Waals surface area contributed by atoms with Gasteiger partial charge in [-0.2, -0.15) is 0 Å². The first kappa shape index (κ1) is 15.7. The van der Waals surface area contributed by atoms with Crippen molar-refractivity contribution < 1.29 is 9.53 Å². The summed E-state index contributed by atoms with van der Waals surface area (Å²) in [5.41, 5.74) is 6.34. The third kappa shape index (κ3) is 4.97. The lowest BCUT2D eigenvalue weighted by Crippen LogP contribution is -2.27. The van der Waals surface area contributed by atoms with Crippen LogP contribution in [0.2, 0.25) is 0 Å². The van der Waals surface area contributed by atoms with E-state index in [0.717, 1.165) is 18.9 Å². The average molecular weight is 292 g/mol. The molecule has 0 saturated heterocycles. The van der Waals surface area contributed by atoms with E-state index in [0.29, 0.717) is 24.7 Å². The maximum atomic E-state index is 12.1. The molecule has 0 radical (unpaired) electrons. The molecule has 0 bridgehead atoms. The standard InChI is InChI=1S/C15H24N4O2/c1-10(2)14-18-8-12(16)13(19-14)15(20)17-6-3-7-21-9-11-4-5-11/h8,10-11H,3-7,9,16H2,1-2H3,(H,17,20). The summed E-state index contributed by atoms with van der Waals surface area (Å²) in [6, 6.07) is 0. The van der Waals surface area contributed by atoms with E-state index in [2.05, 4.69) is 15.3 Å². The lowest BCUT2D eigenvalue weighted by atomic mass is 10.2. The summed E-state index contributed by atoms with van der Waals surface area (Å²) in [4.78, 5) is 20.4. The van der Waals surface area contributed by atoms with Gasteiger partial charge in [-0.1, -0.05) is 13.8 Å². The Labute approximate surface area is 125 Å². The topological polar surface area (TPSA) is 90.1 Å². The highest BCUT2D eigenvalue weighted by molar-refractivity contribution is 5.96. The van der Waals surface area contributed by atoms with Gasteiger partial charge in [0, 0.05) is 25.7 Å². The Morgan fingerprint density at radius 1 is 1.52 bits per heavy atom. The normalized spacial score (nSPS) is 14.4. The molecule has 1 heterocycles. The summed E-state index contributed by atoms with van der Waals surface area (Å²) in [5.74, 6) is 1.31. The van der Waals surface area contributed by atoms with Crippen LogP contribution in [-0.2, 0) is 4.74 Å². The number of anilines is 1. The molecule has 0 atom stereocenters. The summed E-state index contributed by atoms with van der Waals surface area (Å²) in [5, 5.41) is 2.82. The number of nitrogens with two attached hydrogens (primary N) is 1. The molecular weight excluding hydrogens is 268 g/mol. The molecule has 21 heavy (non-hydrogen) atoms. The van der Waals surface area contributed by atoms with E-state index in [-0.39, 0.29) is 17.5 Å². The molecule has 116 valence electrons. The minimum atomic E-state index is -0.251. The Hall–Kier alpha value is -1.69. The van der Waals surface area contributed by atoms with E-state index in [9.17, 15) is 4.79 Å². The zero-order chi connectivity index (χ0) is 15.2. The fraction of sp³-hybridized carbons (Fsp3) is 0.667. The number of nitrogens with one attached hydrogen (secondary N) is 1. The predicted octanol–water partition coefficient (Wildman–Crippen LogP) is 1.73. The Bertz CT molecular complexity index is 487. The van der Waals surface area contributed by atoms with Gasteiger partial charge in [-0.15, -0.1) is 0 Å². The van der Waals surface area contributed by atoms with Crippen LogP contribution in [0.5, 0.6) is 0 Å². The van der Waals surface area contributed by atoms with Crippen molar-refractivity contribution in [1.29, 1.82) is 0 Å². The molecule has 1 amide bonds. The average Bonchev–Trinajstić information content (AvgIpc) is 3.26. The maximum Gasteiger partial charge on any atom is 0.272 e. The highest BCUT2D eigenvalue weighted by atomic mass is 16.5. The van der Waals surface area contributed by atoms with Gasteiger partial charge < -0.3 is 15.8 Å². The van der Waals surface area contributed by atoms with Crippen molar-refractivity contribution in [1.82, 2.24) is 15.3 Å². The number of ether oxygens (including phenoxy) is 1. The molecule has 0 spiro atoms. The first-order valence-electron chi connectivity index (χ1n) is 7.56. The first-order valence-corrected chi connectivity index (χ1v) is 7.56. The SMILES string of the molecule is CC(C)c1ncc(N)c(C(=O)NCCCOCC2CC2)n1. The summed E-state index contributed by atoms with van der Waals surface area (Å²) >= 11 is 0. The van der Waals surface area contributed by atoms with Gasteiger partial charge in [-0.25, -0.2) is 9.97 Å². The van der Waals surface area contributed by atoms with Gasteiger partial charge in [-0.05, 0) is 25.2 Å². The molecule has 1 aliphatic rings. The first-order chi connectivity index (χ1) is 10.1. The van der Waals surface area contributed by atoms with Crippen LogP contribution in [0.4, 0.5) is 5.69 Å². The second kappa shape index (κ2) is 7.36. The molecule has 0 aromatic carbocycles. The maximum absolute atomic E-state index is 12.1. The van der Waals surface area contributed by atoms with Crippen LogP contribution in [0.3, 0.4) is 0 Å². The number of rotatable bonds is 8. The van der Waals surface area contributed by atoms with E-state index < -0.39 is 0 Å². The highest BCUT2D eigenvalue weighted by Crippen LogP contribution is 2.28. The predicted molar refractivity (Wildman–Crippen MR) is 81.0 cm³/mol. The van der Waals surface area contributed by atoms with Crippen molar-refractivity contribution in [2.24, 2.45) is 5.92 Å². The number of amides is 1. The number of hydrogen-bond donors (Lipinski definition) is 2. The lowest BCUT2D eigenvalue weighted by Gasteiger charge is -2.09. The molecular formula is C15H24N4O2. The monoisotopic (exact) mass is 292 g/mol. The number of hydrogen-bond acceptors (Lipinski definition) is 5. The number of carbonyl (C=O) groups is 1. The Balaban J connectivity index is 1.75. The zero-order valence-corrected chi connectivity index (χ0v) is 12.8. The minimum Gasteiger partial charge on any atom is -0.396 e. The van der Waals surface area contributed by atoms with E-state index in [4.69, 9.17) is 10.5 Å². The second-order valence-electron chi connectivity index (χ2n) is 5.81. The van der Waals surface area contributed by atoms with Crippen LogP contribution in [-0.4, -0.2) is 35.6 Å². The molecule has 1 fully saturated rings. The molecule has 1 aromatic rings. The zero-order valence-electron chi connectivity index (χ0n) is 12.8. The van der Waals surface area contributed by atoms with Gasteiger partial charge in [0.1, 0.15) is 5.82 Å². The molecule has 6 nitrogen and oxygen atoms in total. The van der Waals surface area contributed by atoms with Crippen molar-refractivity contribution in [2.45, 2.75) is 39.0 Å². The molecule has 0 unspecified atom stereocenters. The highest BCUT2D eigenvalue weighted by Gasteiger charge is 2.20. The van der Waals surface area contributed by atoms with E-state index in [1.807, 2.05) is 13.8 Å². The summed E-state index contributed by atoms with van der Waals surface area (Å²) < 4.78 is 5.52. The van der Waals surface area contributed by atoms with Gasteiger partial charge in [0.05, 0.1) is 11.9 Å². The van der Waals surface area contributed by atoms with Crippen molar-refractivity contribution in [2.75, 3.05) is 25.5 Å². The molecule has 3 N–H and O–H groups in total. The molecule has 2 rings (SSSR count). The van der Waals surface area contributed by atoms with Crippen LogP contribution >= 0.6 is 0 Å². The van der Waals surface area contributed by atoms with E-state index in [1.165, 1.54) is 19.0 Å². The quantitative estimate of drug-likeness (QED) is 0.712. The molecule has 1 aromatic heterocycles. The number of aromatic nitrogens is 2. The summed E-state index contributed by atoms with van der Waals surface area (Å²) in [6.45, 7) is 6.04. The van der Waals surface area contributed by atoms with Crippen LogP contribution in [0, 0.1) is 5.92 Å². The Morgan fingerprint density at radius 3 is 2.95 bits per heavy atom. The largest absolute Gasteiger partial charge is 0.396 e. The number of nitrogen functional groups attached to an aromatic ring is 1. The molecule has 1 saturated carbocycles. The lowest BCUT2D eigenvalue weighted by molar-refractivity contribution is 0.0933. The minimum absolute atomic E-state index is 0.160. The third-order valence-electron chi connectivity index (χ3n) is 3.37.